The van der Waals surface area contributed by atoms with Gasteiger partial charge in [0.2, 0.25) is 5.91 Å². The van der Waals surface area contributed by atoms with E-state index in [-0.39, 0.29) is 15.7 Å². The van der Waals surface area contributed by atoms with Gasteiger partial charge in [-0.15, -0.1) is 0 Å². The number of carbonyl (C=O) groups is 2. The molecule has 88 valence electrons. The molecule has 0 aliphatic heterocycles. The summed E-state index contributed by atoms with van der Waals surface area (Å²) >= 11 is 2.95. The number of carboxylic acids is 1. The molecule has 1 aromatic rings. The summed E-state index contributed by atoms with van der Waals surface area (Å²) < 4.78 is 13.5. The van der Waals surface area contributed by atoms with Crippen LogP contribution in [0.1, 0.15) is 16.8 Å². The molecule has 0 unspecified atom stereocenters. The van der Waals surface area contributed by atoms with Gasteiger partial charge in [0.05, 0.1) is 17.3 Å². The number of benzene rings is 1. The van der Waals surface area contributed by atoms with Crippen LogP contribution in [0.5, 0.6) is 0 Å². The predicted molar refractivity (Wildman–Crippen MR) is 59.9 cm³/mol. The lowest BCUT2D eigenvalue weighted by Crippen LogP contribution is -2.12. The lowest BCUT2D eigenvalue weighted by molar-refractivity contribution is -0.115. The fourth-order valence-electron chi connectivity index (χ4n) is 1.07. The molecule has 5 nitrogen and oxygen atoms in total. The number of amides is 1. The normalized spacial score (nSPS) is 9.47. The quantitative estimate of drug-likeness (QED) is 0.895. The number of nitrogens with zero attached hydrogens (tertiary/aromatic N) is 1. The van der Waals surface area contributed by atoms with E-state index in [2.05, 4.69) is 21.2 Å². The molecule has 1 aromatic carbocycles. The highest BCUT2D eigenvalue weighted by molar-refractivity contribution is 9.10. The van der Waals surface area contributed by atoms with E-state index in [1.807, 2.05) is 0 Å². The van der Waals surface area contributed by atoms with Gasteiger partial charge in [0.25, 0.3) is 0 Å². The van der Waals surface area contributed by atoms with Gasteiger partial charge in [-0.25, -0.2) is 9.18 Å². The Morgan fingerprint density at radius 2 is 2.18 bits per heavy atom. The van der Waals surface area contributed by atoms with Crippen molar-refractivity contribution in [1.82, 2.24) is 0 Å². The molecule has 0 saturated carbocycles. The largest absolute Gasteiger partial charge is 0.478 e. The third kappa shape index (κ3) is 3.26. The van der Waals surface area contributed by atoms with Crippen molar-refractivity contribution >= 4 is 33.5 Å². The van der Waals surface area contributed by atoms with Crippen molar-refractivity contribution in [2.24, 2.45) is 0 Å². The van der Waals surface area contributed by atoms with E-state index >= 15 is 0 Å². The van der Waals surface area contributed by atoms with Gasteiger partial charge < -0.3 is 10.4 Å². The molecule has 0 aromatic heterocycles. The van der Waals surface area contributed by atoms with Gasteiger partial charge >= 0.3 is 5.97 Å². The summed E-state index contributed by atoms with van der Waals surface area (Å²) in [5.74, 6) is -2.83. The highest BCUT2D eigenvalue weighted by atomic mass is 79.9. The maximum Gasteiger partial charge on any atom is 0.336 e. The van der Waals surface area contributed by atoms with Crippen LogP contribution in [0.3, 0.4) is 0 Å². The molecule has 7 heteroatoms. The molecule has 0 spiro atoms. The van der Waals surface area contributed by atoms with Gasteiger partial charge in [0, 0.05) is 4.47 Å². The minimum Gasteiger partial charge on any atom is -0.478 e. The predicted octanol–water partition coefficient (Wildman–Crippen LogP) is 2.14. The standard InChI is InChI=1S/C10H6BrFN2O3/c11-6-4-8(14-9(15)1-2-13)7(12)3-5(6)10(16)17/h3-4H,1H2,(H,14,15)(H,16,17). The Morgan fingerprint density at radius 1 is 1.53 bits per heavy atom. The number of halogens is 2. The van der Waals surface area contributed by atoms with Gasteiger partial charge in [-0.1, -0.05) is 0 Å². The number of anilines is 1. The molecule has 0 atom stereocenters. The third-order valence-electron chi connectivity index (χ3n) is 1.80. The number of hydrogen-bond donors (Lipinski definition) is 2. The highest BCUT2D eigenvalue weighted by Gasteiger charge is 2.14. The Kier molecular flexibility index (Phi) is 4.17. The summed E-state index contributed by atoms with van der Waals surface area (Å²) in [6.45, 7) is 0. The van der Waals surface area contributed by atoms with E-state index in [1.165, 1.54) is 0 Å². The van der Waals surface area contributed by atoms with Gasteiger partial charge in [-0.05, 0) is 28.1 Å². The first kappa shape index (κ1) is 13.1. The van der Waals surface area contributed by atoms with Crippen LogP contribution in [0.15, 0.2) is 16.6 Å². The van der Waals surface area contributed by atoms with Crippen molar-refractivity contribution < 1.29 is 19.1 Å². The van der Waals surface area contributed by atoms with Crippen LogP contribution in [0.2, 0.25) is 0 Å². The van der Waals surface area contributed by atoms with E-state index < -0.39 is 24.1 Å². The van der Waals surface area contributed by atoms with E-state index in [9.17, 15) is 14.0 Å². The van der Waals surface area contributed by atoms with Crippen LogP contribution < -0.4 is 5.32 Å². The second kappa shape index (κ2) is 5.41. The van der Waals surface area contributed by atoms with E-state index in [1.54, 1.807) is 6.07 Å². The van der Waals surface area contributed by atoms with Crippen molar-refractivity contribution in [2.75, 3.05) is 5.32 Å². The van der Waals surface area contributed by atoms with Crippen molar-refractivity contribution in [3.8, 4) is 6.07 Å². The molecule has 2 N–H and O–H groups in total. The van der Waals surface area contributed by atoms with Crippen LogP contribution in [0.25, 0.3) is 0 Å². The number of nitrogens with one attached hydrogen (secondary N) is 1. The first-order valence-electron chi connectivity index (χ1n) is 4.35. The van der Waals surface area contributed by atoms with Crippen LogP contribution >= 0.6 is 15.9 Å². The zero-order valence-electron chi connectivity index (χ0n) is 8.33. The number of nitriles is 1. The minimum absolute atomic E-state index is 0.138. The first-order valence-corrected chi connectivity index (χ1v) is 5.14. The summed E-state index contributed by atoms with van der Waals surface area (Å²) in [7, 11) is 0. The Morgan fingerprint density at radius 3 is 2.71 bits per heavy atom. The van der Waals surface area contributed by atoms with Crippen molar-refractivity contribution in [1.29, 1.82) is 5.26 Å². The van der Waals surface area contributed by atoms with Crippen molar-refractivity contribution in [3.63, 3.8) is 0 Å². The van der Waals surface area contributed by atoms with E-state index in [0.717, 1.165) is 12.1 Å². The van der Waals surface area contributed by atoms with Gasteiger partial charge in [0.1, 0.15) is 12.2 Å². The van der Waals surface area contributed by atoms with Crippen LogP contribution in [-0.4, -0.2) is 17.0 Å². The molecule has 0 bridgehead atoms. The monoisotopic (exact) mass is 300 g/mol. The third-order valence-corrected chi connectivity index (χ3v) is 2.46. The molecule has 0 radical (unpaired) electrons. The molecule has 1 rings (SSSR count). The molecule has 1 amide bonds. The number of carbonyl (C=O) groups excluding carboxylic acids is 1. The Labute approximate surface area is 104 Å². The molecule has 0 aliphatic carbocycles. The number of rotatable bonds is 3. The molecule has 0 heterocycles. The average Bonchev–Trinajstić information content (AvgIpc) is 2.22. The number of aromatic carboxylic acids is 1. The van der Waals surface area contributed by atoms with Crippen molar-refractivity contribution in [3.05, 3.63) is 28.0 Å². The fraction of sp³-hybridized carbons (Fsp3) is 0.100. The summed E-state index contributed by atoms with van der Waals surface area (Å²) in [6, 6.07) is 3.53. The molecular weight excluding hydrogens is 295 g/mol. The van der Waals surface area contributed by atoms with Crippen LogP contribution in [0, 0.1) is 17.1 Å². The molecule has 0 saturated heterocycles. The lowest BCUT2D eigenvalue weighted by atomic mass is 10.2. The lowest BCUT2D eigenvalue weighted by Gasteiger charge is -2.07. The molecule has 0 aliphatic rings. The van der Waals surface area contributed by atoms with Crippen molar-refractivity contribution in [2.45, 2.75) is 6.42 Å². The molecule has 0 fully saturated rings. The summed E-state index contributed by atoms with van der Waals surface area (Å²) in [4.78, 5) is 21.7. The van der Waals surface area contributed by atoms with E-state index in [4.69, 9.17) is 10.4 Å². The van der Waals surface area contributed by atoms with Crippen LogP contribution in [0.4, 0.5) is 10.1 Å². The Bertz CT molecular complexity index is 525. The first-order chi connectivity index (χ1) is 7.95. The SMILES string of the molecule is N#CCC(=O)Nc1cc(Br)c(C(=O)O)cc1F. The summed E-state index contributed by atoms with van der Waals surface area (Å²) in [5.41, 5.74) is -0.428. The Balaban J connectivity index is 3.04. The minimum atomic E-state index is -1.29. The van der Waals surface area contributed by atoms with Gasteiger partial charge in [-0.2, -0.15) is 5.26 Å². The highest BCUT2D eigenvalue weighted by Crippen LogP contribution is 2.25. The van der Waals surface area contributed by atoms with E-state index in [0.29, 0.717) is 0 Å². The number of carboxylic acid groups (broad SMARTS) is 1. The van der Waals surface area contributed by atoms with Gasteiger partial charge in [-0.3, -0.25) is 4.79 Å². The van der Waals surface area contributed by atoms with Crippen LogP contribution in [-0.2, 0) is 4.79 Å². The van der Waals surface area contributed by atoms with Gasteiger partial charge in [0.15, 0.2) is 0 Å². The molecular formula is C10H6BrFN2O3. The second-order valence-corrected chi connectivity index (χ2v) is 3.85. The number of hydrogen-bond acceptors (Lipinski definition) is 3. The summed E-state index contributed by atoms with van der Waals surface area (Å²) in [6.07, 6.45) is -0.405. The molecule has 17 heavy (non-hydrogen) atoms. The topological polar surface area (TPSA) is 90.2 Å². The fourth-order valence-corrected chi connectivity index (χ4v) is 1.59. The Hall–Kier alpha value is -1.94. The summed E-state index contributed by atoms with van der Waals surface area (Å²) in [5, 5.41) is 19.1. The zero-order chi connectivity index (χ0) is 13.0. The maximum atomic E-state index is 13.4. The zero-order valence-corrected chi connectivity index (χ0v) is 9.91. The average molecular weight is 301 g/mol. The maximum absolute atomic E-state index is 13.4. The second-order valence-electron chi connectivity index (χ2n) is 3.00. The smallest absolute Gasteiger partial charge is 0.336 e.